The van der Waals surface area contributed by atoms with Crippen molar-refractivity contribution in [3.63, 3.8) is 0 Å². The van der Waals surface area contributed by atoms with Gasteiger partial charge < -0.3 is 24.6 Å². The number of halogens is 1. The number of nitrogens with zero attached hydrogens (tertiary/aromatic N) is 2. The summed E-state index contributed by atoms with van der Waals surface area (Å²) in [5.74, 6) is -0.682. The molecule has 1 aromatic heterocycles. The highest BCUT2D eigenvalue weighted by Gasteiger charge is 2.51. The molecular weight excluding hydrogens is 350 g/mol. The standard InChI is InChI=1S/C11H16BrN3O4S/c1-11(2)18-7-5(13-10-14-9(12)15-20-10)4-17-6(3-16)8(7)19-11/h5-8,16H,3-4H2,1-2H3,(H,13,14,15)/t5-,6+,7+,8-/m0/s1. The molecule has 0 unspecified atom stereocenters. The van der Waals surface area contributed by atoms with Crippen molar-refractivity contribution in [1.29, 1.82) is 0 Å². The molecule has 2 aliphatic heterocycles. The van der Waals surface area contributed by atoms with Crippen LogP contribution in [-0.4, -0.2) is 57.8 Å². The normalized spacial score (nSPS) is 35.8. The van der Waals surface area contributed by atoms with Gasteiger partial charge in [0.2, 0.25) is 9.87 Å². The molecule has 4 atom stereocenters. The molecule has 0 aromatic carbocycles. The Morgan fingerprint density at radius 2 is 2.20 bits per heavy atom. The number of rotatable bonds is 3. The Kier molecular flexibility index (Phi) is 3.99. The van der Waals surface area contributed by atoms with Gasteiger partial charge >= 0.3 is 0 Å². The van der Waals surface area contributed by atoms with Crippen LogP contribution in [0, 0.1) is 0 Å². The highest BCUT2D eigenvalue weighted by atomic mass is 79.9. The smallest absolute Gasteiger partial charge is 0.210 e. The number of fused-ring (bicyclic) bond motifs is 1. The van der Waals surface area contributed by atoms with Crippen LogP contribution < -0.4 is 5.32 Å². The number of hydrogen-bond donors (Lipinski definition) is 2. The van der Waals surface area contributed by atoms with Crippen LogP contribution in [0.1, 0.15) is 13.8 Å². The van der Waals surface area contributed by atoms with Crippen molar-refractivity contribution < 1.29 is 19.3 Å². The third-order valence-corrected chi connectivity index (χ3v) is 4.54. The molecule has 3 rings (SSSR count). The van der Waals surface area contributed by atoms with E-state index in [1.165, 1.54) is 11.5 Å². The van der Waals surface area contributed by atoms with Crippen molar-refractivity contribution in [1.82, 2.24) is 9.36 Å². The van der Waals surface area contributed by atoms with E-state index in [4.69, 9.17) is 14.2 Å². The molecule has 112 valence electrons. The molecule has 3 heterocycles. The van der Waals surface area contributed by atoms with Gasteiger partial charge in [0.05, 0.1) is 19.3 Å². The van der Waals surface area contributed by atoms with Crippen LogP contribution in [0.4, 0.5) is 5.13 Å². The Labute approximate surface area is 128 Å². The van der Waals surface area contributed by atoms with Gasteiger partial charge in [-0.05, 0) is 29.8 Å². The summed E-state index contributed by atoms with van der Waals surface area (Å²) in [6, 6.07) is -0.0931. The number of aromatic nitrogens is 2. The predicted octanol–water partition coefficient (Wildman–Crippen LogP) is 0.992. The fourth-order valence-corrected chi connectivity index (χ4v) is 3.58. The van der Waals surface area contributed by atoms with Gasteiger partial charge in [0.1, 0.15) is 18.3 Å². The molecule has 20 heavy (non-hydrogen) atoms. The van der Waals surface area contributed by atoms with Crippen LogP contribution in [0.3, 0.4) is 0 Å². The van der Waals surface area contributed by atoms with Crippen molar-refractivity contribution in [2.75, 3.05) is 18.5 Å². The van der Waals surface area contributed by atoms with E-state index in [1.807, 2.05) is 13.8 Å². The van der Waals surface area contributed by atoms with E-state index in [9.17, 15) is 5.11 Å². The summed E-state index contributed by atoms with van der Waals surface area (Å²) in [7, 11) is 0. The van der Waals surface area contributed by atoms with Gasteiger partial charge in [-0.3, -0.25) is 0 Å². The fraction of sp³-hybridized carbons (Fsp3) is 0.818. The first-order valence-corrected chi connectivity index (χ1v) is 7.89. The average molecular weight is 366 g/mol. The van der Waals surface area contributed by atoms with Crippen molar-refractivity contribution >= 4 is 32.6 Å². The molecular formula is C11H16BrN3O4S. The van der Waals surface area contributed by atoms with E-state index in [2.05, 4.69) is 30.6 Å². The van der Waals surface area contributed by atoms with Gasteiger partial charge in [-0.2, -0.15) is 9.36 Å². The summed E-state index contributed by atoms with van der Waals surface area (Å²) in [6.45, 7) is 4.05. The third kappa shape index (κ3) is 2.83. The number of anilines is 1. The molecule has 0 saturated carbocycles. The maximum atomic E-state index is 9.38. The second-order valence-corrected chi connectivity index (χ2v) is 6.70. The monoisotopic (exact) mass is 365 g/mol. The van der Waals surface area contributed by atoms with Crippen LogP contribution in [0.15, 0.2) is 4.73 Å². The van der Waals surface area contributed by atoms with Crippen LogP contribution in [0.2, 0.25) is 0 Å². The molecule has 0 aliphatic carbocycles. The molecule has 2 aliphatic rings. The highest BCUT2D eigenvalue weighted by Crippen LogP contribution is 2.36. The van der Waals surface area contributed by atoms with E-state index >= 15 is 0 Å². The van der Waals surface area contributed by atoms with Gasteiger partial charge in [0.15, 0.2) is 5.79 Å². The van der Waals surface area contributed by atoms with Gasteiger partial charge in [0, 0.05) is 11.5 Å². The van der Waals surface area contributed by atoms with Crippen molar-refractivity contribution in [3.8, 4) is 0 Å². The van der Waals surface area contributed by atoms with Crippen LogP contribution in [-0.2, 0) is 14.2 Å². The predicted molar refractivity (Wildman–Crippen MR) is 75.7 cm³/mol. The lowest BCUT2D eigenvalue weighted by Crippen LogP contribution is -2.55. The second-order valence-electron chi connectivity index (χ2n) is 5.24. The Morgan fingerprint density at radius 3 is 2.85 bits per heavy atom. The van der Waals surface area contributed by atoms with Gasteiger partial charge in [-0.15, -0.1) is 0 Å². The number of nitrogens with one attached hydrogen (secondary N) is 1. The van der Waals surface area contributed by atoms with Gasteiger partial charge in [0.25, 0.3) is 0 Å². The van der Waals surface area contributed by atoms with E-state index in [1.54, 1.807) is 0 Å². The topological polar surface area (TPSA) is 85.7 Å². The first-order valence-electron chi connectivity index (χ1n) is 6.32. The summed E-state index contributed by atoms with van der Waals surface area (Å²) < 4.78 is 22.0. The first kappa shape index (κ1) is 14.6. The van der Waals surface area contributed by atoms with Crippen molar-refractivity contribution in [2.45, 2.75) is 44.0 Å². The molecule has 0 spiro atoms. The molecule has 9 heteroatoms. The number of hydrogen-bond acceptors (Lipinski definition) is 8. The van der Waals surface area contributed by atoms with E-state index in [0.717, 1.165) is 0 Å². The second kappa shape index (κ2) is 5.47. The molecule has 2 fully saturated rings. The third-order valence-electron chi connectivity index (χ3n) is 3.31. The Morgan fingerprint density at radius 1 is 1.45 bits per heavy atom. The van der Waals surface area contributed by atoms with Crippen LogP contribution in [0.25, 0.3) is 0 Å². The minimum Gasteiger partial charge on any atom is -0.394 e. The van der Waals surface area contributed by atoms with Crippen LogP contribution in [0.5, 0.6) is 0 Å². The highest BCUT2D eigenvalue weighted by molar-refractivity contribution is 9.10. The summed E-state index contributed by atoms with van der Waals surface area (Å²) in [4.78, 5) is 4.21. The van der Waals surface area contributed by atoms with E-state index in [-0.39, 0.29) is 31.0 Å². The number of aliphatic hydroxyl groups is 1. The average Bonchev–Trinajstić information content (AvgIpc) is 2.92. The zero-order valence-corrected chi connectivity index (χ0v) is 13.5. The Balaban J connectivity index is 1.76. The summed E-state index contributed by atoms with van der Waals surface area (Å²) in [6.07, 6.45) is -0.850. The summed E-state index contributed by atoms with van der Waals surface area (Å²) in [5.41, 5.74) is 0. The van der Waals surface area contributed by atoms with E-state index < -0.39 is 5.79 Å². The fourth-order valence-electron chi connectivity index (χ4n) is 2.54. The molecule has 0 radical (unpaired) electrons. The molecule has 0 amide bonds. The van der Waals surface area contributed by atoms with Crippen LogP contribution >= 0.6 is 27.5 Å². The molecule has 1 aromatic rings. The molecule has 2 N–H and O–H groups in total. The van der Waals surface area contributed by atoms with Crippen molar-refractivity contribution in [2.24, 2.45) is 0 Å². The minimum absolute atomic E-state index is 0.0856. The molecule has 7 nitrogen and oxygen atoms in total. The minimum atomic E-state index is -0.682. The number of aliphatic hydroxyl groups excluding tert-OH is 1. The number of ether oxygens (including phenoxy) is 3. The largest absolute Gasteiger partial charge is 0.394 e. The van der Waals surface area contributed by atoms with Gasteiger partial charge in [-0.1, -0.05) is 0 Å². The Bertz CT molecular complexity index is 486. The lowest BCUT2D eigenvalue weighted by molar-refractivity contribution is -0.157. The SMILES string of the molecule is CC1(C)O[C@@H]2[C@H](O1)[C@@H](Nc1nc(Br)ns1)CO[C@@H]2CO. The summed E-state index contributed by atoms with van der Waals surface area (Å²) in [5, 5.41) is 13.3. The van der Waals surface area contributed by atoms with Gasteiger partial charge in [-0.25, -0.2) is 0 Å². The summed E-state index contributed by atoms with van der Waals surface area (Å²) >= 11 is 4.48. The maximum absolute atomic E-state index is 9.38. The molecule has 2 saturated heterocycles. The molecule has 0 bridgehead atoms. The lowest BCUT2D eigenvalue weighted by Gasteiger charge is -2.36. The lowest BCUT2D eigenvalue weighted by atomic mass is 9.99. The zero-order chi connectivity index (χ0) is 14.3. The maximum Gasteiger partial charge on any atom is 0.210 e. The Hall–Kier alpha value is -0.320. The van der Waals surface area contributed by atoms with Crippen molar-refractivity contribution in [3.05, 3.63) is 4.73 Å². The first-order chi connectivity index (χ1) is 9.48. The quantitative estimate of drug-likeness (QED) is 0.825. The van der Waals surface area contributed by atoms with E-state index in [0.29, 0.717) is 16.5 Å². The zero-order valence-electron chi connectivity index (χ0n) is 11.1.